The molecule has 2 aromatic heterocycles. The van der Waals surface area contributed by atoms with Gasteiger partial charge < -0.3 is 19.3 Å². The second-order valence-electron chi connectivity index (χ2n) is 6.27. The maximum Gasteiger partial charge on any atom is 0.261 e. The van der Waals surface area contributed by atoms with E-state index in [0.29, 0.717) is 18.3 Å². The van der Waals surface area contributed by atoms with Crippen LogP contribution in [0, 0.1) is 0 Å². The fourth-order valence-corrected chi connectivity index (χ4v) is 3.15. The molecule has 3 aromatic rings. The van der Waals surface area contributed by atoms with Gasteiger partial charge in [-0.3, -0.25) is 0 Å². The number of piperidine rings is 1. The number of aliphatic hydroxyl groups is 1. The number of β-amino-alcohol motifs (C(OH)–C–C–N with tert-alkyl or cyclic N) is 1. The van der Waals surface area contributed by atoms with E-state index in [4.69, 9.17) is 9.26 Å². The molecule has 1 aromatic carbocycles. The second kappa shape index (κ2) is 7.13. The van der Waals surface area contributed by atoms with E-state index >= 15 is 0 Å². The number of aromatic nitrogens is 3. The average Bonchev–Trinajstić information content (AvgIpc) is 3.18. The molecule has 1 aliphatic heterocycles. The Kier molecular flexibility index (Phi) is 4.53. The largest absolute Gasteiger partial charge is 0.497 e. The Bertz CT molecular complexity index is 879. The zero-order valence-electron chi connectivity index (χ0n) is 14.5. The van der Waals surface area contributed by atoms with Crippen LogP contribution >= 0.6 is 0 Å². The van der Waals surface area contributed by atoms with Crippen molar-refractivity contribution in [2.75, 3.05) is 25.1 Å². The standard InChI is InChI=1S/C19H20N4O3/c1-25-15-8-6-13(7-9-15)17-21-19(26-22-17)16-5-2-10-20-18(16)23-11-3-4-14(24)12-23/h2,5-10,14,24H,3-4,11-12H2,1H3. The number of hydrogen-bond donors (Lipinski definition) is 1. The van der Waals surface area contributed by atoms with Gasteiger partial charge in [0.2, 0.25) is 5.82 Å². The summed E-state index contributed by atoms with van der Waals surface area (Å²) in [7, 11) is 1.63. The zero-order chi connectivity index (χ0) is 17.9. The summed E-state index contributed by atoms with van der Waals surface area (Å²) in [6.45, 7) is 1.41. The lowest BCUT2D eigenvalue weighted by Crippen LogP contribution is -2.39. The summed E-state index contributed by atoms with van der Waals surface area (Å²) in [5, 5.41) is 14.1. The molecule has 3 heterocycles. The number of hydrogen-bond acceptors (Lipinski definition) is 7. The molecule has 1 fully saturated rings. The third-order valence-corrected chi connectivity index (χ3v) is 4.49. The van der Waals surface area contributed by atoms with E-state index in [2.05, 4.69) is 20.0 Å². The van der Waals surface area contributed by atoms with E-state index in [1.54, 1.807) is 13.3 Å². The van der Waals surface area contributed by atoms with Crippen molar-refractivity contribution < 1.29 is 14.4 Å². The molecule has 0 spiro atoms. The molecule has 1 saturated heterocycles. The lowest BCUT2D eigenvalue weighted by atomic mass is 10.1. The summed E-state index contributed by atoms with van der Waals surface area (Å²) in [5.74, 6) is 2.46. The van der Waals surface area contributed by atoms with Gasteiger partial charge in [-0.15, -0.1) is 0 Å². The van der Waals surface area contributed by atoms with Crippen LogP contribution in [0.25, 0.3) is 22.8 Å². The van der Waals surface area contributed by atoms with E-state index in [-0.39, 0.29) is 6.10 Å². The van der Waals surface area contributed by atoms with Crippen LogP contribution in [0.2, 0.25) is 0 Å². The summed E-state index contributed by atoms with van der Waals surface area (Å²) in [4.78, 5) is 11.1. The van der Waals surface area contributed by atoms with Gasteiger partial charge in [0.15, 0.2) is 0 Å². The summed E-state index contributed by atoms with van der Waals surface area (Å²) in [6, 6.07) is 11.2. The van der Waals surface area contributed by atoms with Crippen molar-refractivity contribution >= 4 is 5.82 Å². The fraction of sp³-hybridized carbons (Fsp3) is 0.316. The summed E-state index contributed by atoms with van der Waals surface area (Å²) in [6.07, 6.45) is 3.15. The maximum absolute atomic E-state index is 9.97. The molecule has 0 bridgehead atoms. The van der Waals surface area contributed by atoms with Crippen LogP contribution in [0.5, 0.6) is 5.75 Å². The summed E-state index contributed by atoms with van der Waals surface area (Å²) in [5.41, 5.74) is 1.62. The molecule has 1 atom stereocenters. The molecule has 1 aliphatic rings. The first-order chi connectivity index (χ1) is 12.7. The van der Waals surface area contributed by atoms with E-state index in [9.17, 15) is 5.11 Å². The van der Waals surface area contributed by atoms with Gasteiger partial charge in [-0.1, -0.05) is 5.16 Å². The quantitative estimate of drug-likeness (QED) is 0.773. The predicted molar refractivity (Wildman–Crippen MR) is 97.0 cm³/mol. The maximum atomic E-state index is 9.97. The molecule has 7 heteroatoms. The lowest BCUT2D eigenvalue weighted by Gasteiger charge is -2.31. The summed E-state index contributed by atoms with van der Waals surface area (Å²) >= 11 is 0. The van der Waals surface area contributed by atoms with Crippen LogP contribution in [0.3, 0.4) is 0 Å². The van der Waals surface area contributed by atoms with Crippen molar-refractivity contribution in [3.8, 4) is 28.6 Å². The van der Waals surface area contributed by atoms with Gasteiger partial charge in [0, 0.05) is 24.8 Å². The first kappa shape index (κ1) is 16.5. The highest BCUT2D eigenvalue weighted by atomic mass is 16.5. The van der Waals surface area contributed by atoms with Crippen LogP contribution in [0.4, 0.5) is 5.82 Å². The summed E-state index contributed by atoms with van der Waals surface area (Å²) < 4.78 is 10.7. The normalized spacial score (nSPS) is 17.3. The molecule has 4 rings (SSSR count). The molecule has 1 unspecified atom stereocenters. The number of anilines is 1. The SMILES string of the molecule is COc1ccc(-c2noc(-c3cccnc3N3CCCC(O)C3)n2)cc1. The Hall–Kier alpha value is -2.93. The molecule has 0 amide bonds. The predicted octanol–water partition coefficient (Wildman–Crippen LogP) is 2.77. The molecule has 0 radical (unpaired) electrons. The first-order valence-electron chi connectivity index (χ1n) is 8.61. The fourth-order valence-electron chi connectivity index (χ4n) is 3.15. The molecule has 7 nitrogen and oxygen atoms in total. The van der Waals surface area contributed by atoms with Crippen molar-refractivity contribution in [3.05, 3.63) is 42.6 Å². The van der Waals surface area contributed by atoms with Gasteiger partial charge >= 0.3 is 0 Å². The van der Waals surface area contributed by atoms with Crippen molar-refractivity contribution in [1.82, 2.24) is 15.1 Å². The van der Waals surface area contributed by atoms with Crippen molar-refractivity contribution in [1.29, 1.82) is 0 Å². The van der Waals surface area contributed by atoms with Gasteiger partial charge in [-0.25, -0.2) is 4.98 Å². The minimum absolute atomic E-state index is 0.337. The number of pyridine rings is 1. The highest BCUT2D eigenvalue weighted by molar-refractivity contribution is 5.71. The smallest absolute Gasteiger partial charge is 0.261 e. The number of ether oxygens (including phenoxy) is 1. The van der Waals surface area contributed by atoms with E-state index in [1.807, 2.05) is 36.4 Å². The molecular weight excluding hydrogens is 332 g/mol. The highest BCUT2D eigenvalue weighted by Crippen LogP contribution is 2.31. The van der Waals surface area contributed by atoms with E-state index in [0.717, 1.165) is 42.1 Å². The first-order valence-corrected chi connectivity index (χ1v) is 8.61. The van der Waals surface area contributed by atoms with Gasteiger partial charge in [-0.05, 0) is 49.2 Å². The number of aliphatic hydroxyl groups excluding tert-OH is 1. The van der Waals surface area contributed by atoms with Crippen LogP contribution < -0.4 is 9.64 Å². The topological polar surface area (TPSA) is 84.5 Å². The molecule has 1 N–H and O–H groups in total. The van der Waals surface area contributed by atoms with Gasteiger partial charge in [-0.2, -0.15) is 4.98 Å². The molecular formula is C19H20N4O3. The lowest BCUT2D eigenvalue weighted by molar-refractivity contribution is 0.154. The van der Waals surface area contributed by atoms with Crippen molar-refractivity contribution in [2.45, 2.75) is 18.9 Å². The Morgan fingerprint density at radius 1 is 1.23 bits per heavy atom. The Labute approximate surface area is 151 Å². The number of rotatable bonds is 4. The monoisotopic (exact) mass is 352 g/mol. The number of methoxy groups -OCH3 is 1. The number of benzene rings is 1. The van der Waals surface area contributed by atoms with E-state index in [1.165, 1.54) is 0 Å². The minimum Gasteiger partial charge on any atom is -0.497 e. The Balaban J connectivity index is 1.65. The van der Waals surface area contributed by atoms with Crippen molar-refractivity contribution in [3.63, 3.8) is 0 Å². The third kappa shape index (κ3) is 3.25. The van der Waals surface area contributed by atoms with Crippen LogP contribution in [-0.4, -0.2) is 46.5 Å². The van der Waals surface area contributed by atoms with Gasteiger partial charge in [0.25, 0.3) is 5.89 Å². The highest BCUT2D eigenvalue weighted by Gasteiger charge is 2.23. The van der Waals surface area contributed by atoms with E-state index < -0.39 is 0 Å². The number of nitrogens with zero attached hydrogens (tertiary/aromatic N) is 4. The molecule has 26 heavy (non-hydrogen) atoms. The van der Waals surface area contributed by atoms with Crippen LogP contribution in [0.15, 0.2) is 47.1 Å². The van der Waals surface area contributed by atoms with Crippen molar-refractivity contribution in [2.24, 2.45) is 0 Å². The minimum atomic E-state index is -0.337. The van der Waals surface area contributed by atoms with Crippen LogP contribution in [0.1, 0.15) is 12.8 Å². The van der Waals surface area contributed by atoms with Gasteiger partial charge in [0.1, 0.15) is 11.6 Å². The Morgan fingerprint density at radius 3 is 2.85 bits per heavy atom. The second-order valence-corrected chi connectivity index (χ2v) is 6.27. The zero-order valence-corrected chi connectivity index (χ0v) is 14.5. The molecule has 0 aliphatic carbocycles. The average molecular weight is 352 g/mol. The van der Waals surface area contributed by atoms with Gasteiger partial charge in [0.05, 0.1) is 18.8 Å². The third-order valence-electron chi connectivity index (χ3n) is 4.49. The molecule has 134 valence electrons. The van der Waals surface area contributed by atoms with Crippen LogP contribution in [-0.2, 0) is 0 Å². The Morgan fingerprint density at radius 2 is 2.08 bits per heavy atom. The molecule has 0 saturated carbocycles.